The van der Waals surface area contributed by atoms with Crippen LogP contribution in [0.25, 0.3) is 22.3 Å². The van der Waals surface area contributed by atoms with Crippen LogP contribution in [-0.4, -0.2) is 21.6 Å². The first kappa shape index (κ1) is 21.0. The van der Waals surface area contributed by atoms with Crippen molar-refractivity contribution in [2.75, 3.05) is 7.11 Å². The van der Waals surface area contributed by atoms with E-state index in [0.717, 1.165) is 45.2 Å². The molecule has 0 saturated heterocycles. The molecule has 31 heavy (non-hydrogen) atoms. The number of nitrogens with zero attached hydrogens (tertiary/aromatic N) is 3. The van der Waals surface area contributed by atoms with Gasteiger partial charge in [0.25, 0.3) is 0 Å². The summed E-state index contributed by atoms with van der Waals surface area (Å²) in [5.41, 5.74) is 6.70. The van der Waals surface area contributed by atoms with E-state index in [2.05, 4.69) is 18.8 Å². The number of fused-ring (bicyclic) bond motifs is 1. The quantitative estimate of drug-likeness (QED) is 0.387. The molecule has 0 amide bonds. The molecule has 4 aromatic rings. The summed E-state index contributed by atoms with van der Waals surface area (Å²) >= 11 is 0. The Balaban J connectivity index is 1.81. The molecule has 0 fully saturated rings. The fraction of sp³-hybridized carbons (Fsp3) is 0.280. The summed E-state index contributed by atoms with van der Waals surface area (Å²) in [5.74, 6) is -0.293. The molecule has 0 saturated carbocycles. The molecular weight excluding hydrogens is 396 g/mol. The Morgan fingerprint density at radius 2 is 1.77 bits per heavy atom. The minimum Gasteiger partial charge on any atom is -0.480 e. The summed E-state index contributed by atoms with van der Waals surface area (Å²) in [7, 11) is 1.61. The molecule has 6 heteroatoms. The molecule has 160 valence electrons. The van der Waals surface area contributed by atoms with Crippen LogP contribution < -0.4 is 4.74 Å². The van der Waals surface area contributed by atoms with Gasteiger partial charge in [-0.25, -0.2) is 18.7 Å². The number of ether oxygens (including phenoxy) is 1. The van der Waals surface area contributed by atoms with Gasteiger partial charge in [-0.3, -0.25) is 0 Å². The lowest BCUT2D eigenvalue weighted by atomic mass is 10.0. The van der Waals surface area contributed by atoms with E-state index in [1.54, 1.807) is 7.11 Å². The number of hydrogen-bond acceptors (Lipinski definition) is 3. The lowest BCUT2D eigenvalue weighted by Gasteiger charge is -2.13. The molecule has 0 aliphatic carbocycles. The average Bonchev–Trinajstić information content (AvgIpc) is 3.03. The number of halogens is 2. The lowest BCUT2D eigenvalue weighted by molar-refractivity contribution is 0.397. The molecule has 0 unspecified atom stereocenters. The summed E-state index contributed by atoms with van der Waals surface area (Å²) in [6.45, 7) is 8.44. The van der Waals surface area contributed by atoms with Gasteiger partial charge in [0.05, 0.1) is 35.9 Å². The van der Waals surface area contributed by atoms with E-state index >= 15 is 0 Å². The molecule has 0 radical (unpaired) electrons. The molecule has 0 bridgehead atoms. The first-order valence-corrected chi connectivity index (χ1v) is 10.2. The first-order chi connectivity index (χ1) is 14.8. The van der Waals surface area contributed by atoms with Gasteiger partial charge < -0.3 is 9.30 Å². The highest BCUT2D eigenvalue weighted by molar-refractivity contribution is 5.85. The molecule has 0 atom stereocenters. The molecule has 0 aliphatic heterocycles. The summed E-state index contributed by atoms with van der Waals surface area (Å²) in [6, 6.07) is 9.72. The predicted molar refractivity (Wildman–Crippen MR) is 119 cm³/mol. The summed E-state index contributed by atoms with van der Waals surface area (Å²) in [6.07, 6.45) is 1.95. The van der Waals surface area contributed by atoms with Crippen LogP contribution >= 0.6 is 0 Å². The molecule has 3 aromatic heterocycles. The van der Waals surface area contributed by atoms with E-state index in [1.165, 1.54) is 12.1 Å². The Morgan fingerprint density at radius 1 is 1.00 bits per heavy atom. The zero-order chi connectivity index (χ0) is 22.3. The van der Waals surface area contributed by atoms with Crippen molar-refractivity contribution in [1.29, 1.82) is 0 Å². The Bertz CT molecular complexity index is 1280. The normalized spacial score (nSPS) is 11.5. The molecular formula is C25H25F2N3O. The molecule has 4 nitrogen and oxygen atoms in total. The summed E-state index contributed by atoms with van der Waals surface area (Å²) in [5, 5.41) is 0. The van der Waals surface area contributed by atoms with Crippen molar-refractivity contribution in [3.63, 3.8) is 0 Å². The van der Waals surface area contributed by atoms with Crippen molar-refractivity contribution < 1.29 is 13.5 Å². The molecule has 0 spiro atoms. The highest BCUT2D eigenvalue weighted by Gasteiger charge is 2.17. The topological polar surface area (TPSA) is 39.9 Å². The van der Waals surface area contributed by atoms with Crippen molar-refractivity contribution in [1.82, 2.24) is 14.5 Å². The van der Waals surface area contributed by atoms with Crippen molar-refractivity contribution in [2.45, 2.75) is 40.2 Å². The maximum atomic E-state index is 14.2. The second kappa shape index (κ2) is 8.10. The Hall–Kier alpha value is -3.28. The third-order valence-electron chi connectivity index (χ3n) is 5.50. The van der Waals surface area contributed by atoms with E-state index < -0.39 is 11.6 Å². The lowest BCUT2D eigenvalue weighted by Crippen LogP contribution is -2.02. The fourth-order valence-corrected chi connectivity index (χ4v) is 3.82. The number of aromatic nitrogens is 3. The second-order valence-electron chi connectivity index (χ2n) is 8.15. The predicted octanol–water partition coefficient (Wildman–Crippen LogP) is 6.17. The molecule has 0 aliphatic rings. The van der Waals surface area contributed by atoms with Gasteiger partial charge in [0.1, 0.15) is 11.6 Å². The van der Waals surface area contributed by atoms with Gasteiger partial charge in [-0.15, -0.1) is 0 Å². The molecule has 1 aromatic carbocycles. The molecule has 0 N–H and O–H groups in total. The van der Waals surface area contributed by atoms with Crippen LogP contribution in [0.4, 0.5) is 8.78 Å². The van der Waals surface area contributed by atoms with Crippen molar-refractivity contribution >= 4 is 11.0 Å². The minimum absolute atomic E-state index is 0.294. The van der Waals surface area contributed by atoms with E-state index in [-0.39, 0.29) is 0 Å². The van der Waals surface area contributed by atoms with Crippen LogP contribution in [0, 0.1) is 25.5 Å². The Labute approximate surface area is 180 Å². The van der Waals surface area contributed by atoms with Crippen molar-refractivity contribution in [3.05, 3.63) is 76.6 Å². The van der Waals surface area contributed by atoms with Crippen LogP contribution in [0.1, 0.15) is 42.1 Å². The maximum Gasteiger partial charge on any atom is 0.222 e. The molecule has 3 heterocycles. The van der Waals surface area contributed by atoms with Gasteiger partial charge in [0.15, 0.2) is 0 Å². The van der Waals surface area contributed by atoms with Crippen LogP contribution in [-0.2, 0) is 6.54 Å². The van der Waals surface area contributed by atoms with Gasteiger partial charge in [-0.05, 0) is 55.2 Å². The van der Waals surface area contributed by atoms with Crippen molar-refractivity contribution in [2.24, 2.45) is 0 Å². The van der Waals surface area contributed by atoms with Gasteiger partial charge in [-0.2, -0.15) is 0 Å². The molecule has 4 rings (SSSR count). The van der Waals surface area contributed by atoms with Gasteiger partial charge in [0.2, 0.25) is 5.88 Å². The van der Waals surface area contributed by atoms with Crippen LogP contribution in [0.2, 0.25) is 0 Å². The van der Waals surface area contributed by atoms with Crippen molar-refractivity contribution in [3.8, 4) is 17.1 Å². The second-order valence-corrected chi connectivity index (χ2v) is 8.15. The van der Waals surface area contributed by atoms with Gasteiger partial charge in [-0.1, -0.05) is 19.9 Å². The van der Waals surface area contributed by atoms with Crippen LogP contribution in [0.15, 0.2) is 42.6 Å². The smallest absolute Gasteiger partial charge is 0.222 e. The highest BCUT2D eigenvalue weighted by atomic mass is 19.1. The first-order valence-electron chi connectivity index (χ1n) is 10.2. The maximum absolute atomic E-state index is 14.2. The van der Waals surface area contributed by atoms with E-state index in [4.69, 9.17) is 9.72 Å². The standard InChI is InChI=1S/C25H25F2N3O/c1-14(2)21-9-8-19(25(28-21)31-5)23-15(3)10-22-24(29-23)16(4)12-30(22)13-17-6-7-18(26)11-20(17)27/h6-12,14H,13H2,1-5H3. The SMILES string of the molecule is COc1nc(C(C)C)ccc1-c1nc2c(C)cn(Cc3ccc(F)cc3F)c2cc1C. The fourth-order valence-electron chi connectivity index (χ4n) is 3.82. The van der Waals surface area contributed by atoms with Crippen LogP contribution in [0.5, 0.6) is 5.88 Å². The third kappa shape index (κ3) is 3.90. The summed E-state index contributed by atoms with van der Waals surface area (Å²) in [4.78, 5) is 9.58. The monoisotopic (exact) mass is 421 g/mol. The highest BCUT2D eigenvalue weighted by Crippen LogP contribution is 2.34. The zero-order valence-electron chi connectivity index (χ0n) is 18.3. The number of benzene rings is 1. The number of pyridine rings is 2. The van der Waals surface area contributed by atoms with E-state index in [9.17, 15) is 8.78 Å². The van der Waals surface area contributed by atoms with E-state index in [1.807, 2.05) is 42.8 Å². The minimum atomic E-state index is -0.581. The zero-order valence-corrected chi connectivity index (χ0v) is 18.3. The average molecular weight is 421 g/mol. The number of methoxy groups -OCH3 is 1. The van der Waals surface area contributed by atoms with E-state index in [0.29, 0.717) is 23.9 Å². The largest absolute Gasteiger partial charge is 0.480 e. The Kier molecular flexibility index (Phi) is 5.48. The number of hydrogen-bond donors (Lipinski definition) is 0. The Morgan fingerprint density at radius 3 is 2.45 bits per heavy atom. The van der Waals surface area contributed by atoms with Gasteiger partial charge in [0, 0.05) is 23.5 Å². The van der Waals surface area contributed by atoms with Crippen LogP contribution in [0.3, 0.4) is 0 Å². The summed E-state index contributed by atoms with van der Waals surface area (Å²) < 4.78 is 35.0. The third-order valence-corrected chi connectivity index (χ3v) is 5.50. The number of aryl methyl sites for hydroxylation is 2. The number of rotatable bonds is 5. The van der Waals surface area contributed by atoms with Gasteiger partial charge >= 0.3 is 0 Å².